The van der Waals surface area contributed by atoms with Crippen molar-refractivity contribution in [1.29, 1.82) is 0 Å². The lowest BCUT2D eigenvalue weighted by Crippen LogP contribution is -2.48. The van der Waals surface area contributed by atoms with Crippen molar-refractivity contribution < 1.29 is 8.42 Å². The molecule has 1 N–H and O–H groups in total. The van der Waals surface area contributed by atoms with E-state index in [1.54, 1.807) is 4.31 Å². The van der Waals surface area contributed by atoms with Gasteiger partial charge in [0.25, 0.3) is 0 Å². The van der Waals surface area contributed by atoms with Crippen LogP contribution in [0.25, 0.3) is 0 Å². The van der Waals surface area contributed by atoms with E-state index in [1.807, 2.05) is 0 Å². The SMILES string of the molecule is CC(NC1CCN(S(C)(=O)=O)CC1)C1CCCC1. The molecule has 1 aliphatic heterocycles. The Bertz CT molecular complexity index is 355. The van der Waals surface area contributed by atoms with Gasteiger partial charge in [-0.2, -0.15) is 0 Å². The smallest absolute Gasteiger partial charge is 0.211 e. The molecular weight excluding hydrogens is 248 g/mol. The molecule has 2 fully saturated rings. The van der Waals surface area contributed by atoms with Gasteiger partial charge >= 0.3 is 0 Å². The average Bonchev–Trinajstić information content (AvgIpc) is 2.82. The van der Waals surface area contributed by atoms with E-state index >= 15 is 0 Å². The first kappa shape index (κ1) is 14.3. The third kappa shape index (κ3) is 3.68. The molecule has 18 heavy (non-hydrogen) atoms. The van der Waals surface area contributed by atoms with Gasteiger partial charge in [-0.05, 0) is 38.5 Å². The maximum absolute atomic E-state index is 11.4. The number of nitrogens with one attached hydrogen (secondary N) is 1. The first-order chi connectivity index (χ1) is 8.47. The lowest BCUT2D eigenvalue weighted by atomic mass is 9.97. The molecule has 0 radical (unpaired) electrons. The molecule has 106 valence electrons. The van der Waals surface area contributed by atoms with E-state index in [9.17, 15) is 8.42 Å². The van der Waals surface area contributed by atoms with E-state index in [-0.39, 0.29) is 0 Å². The van der Waals surface area contributed by atoms with Crippen LogP contribution in [0.2, 0.25) is 0 Å². The van der Waals surface area contributed by atoms with E-state index in [2.05, 4.69) is 12.2 Å². The fourth-order valence-corrected chi connectivity index (χ4v) is 4.19. The summed E-state index contributed by atoms with van der Waals surface area (Å²) in [6.45, 7) is 3.64. The molecule has 1 saturated carbocycles. The van der Waals surface area contributed by atoms with Gasteiger partial charge < -0.3 is 5.32 Å². The van der Waals surface area contributed by atoms with Crippen molar-refractivity contribution in [2.24, 2.45) is 5.92 Å². The van der Waals surface area contributed by atoms with Crippen LogP contribution in [0.4, 0.5) is 0 Å². The van der Waals surface area contributed by atoms with Crippen molar-refractivity contribution in [1.82, 2.24) is 9.62 Å². The topological polar surface area (TPSA) is 49.4 Å². The predicted octanol–water partition coefficient (Wildman–Crippen LogP) is 1.58. The minimum absolute atomic E-state index is 0.499. The molecule has 5 heteroatoms. The molecule has 1 aliphatic carbocycles. The van der Waals surface area contributed by atoms with Crippen LogP contribution in [-0.2, 0) is 10.0 Å². The summed E-state index contributed by atoms with van der Waals surface area (Å²) in [5, 5.41) is 3.71. The standard InChI is InChI=1S/C13H26N2O2S/c1-11(12-5-3-4-6-12)14-13-7-9-15(10-8-13)18(2,16)17/h11-14H,3-10H2,1-2H3. The molecular formula is C13H26N2O2S. The van der Waals surface area contributed by atoms with Crippen molar-refractivity contribution in [3.8, 4) is 0 Å². The second-order valence-electron chi connectivity index (χ2n) is 5.94. The molecule has 1 atom stereocenters. The zero-order chi connectivity index (χ0) is 13.2. The van der Waals surface area contributed by atoms with Gasteiger partial charge in [0.15, 0.2) is 0 Å². The summed E-state index contributed by atoms with van der Waals surface area (Å²) >= 11 is 0. The molecule has 0 spiro atoms. The van der Waals surface area contributed by atoms with Crippen LogP contribution in [0.3, 0.4) is 0 Å². The summed E-state index contributed by atoms with van der Waals surface area (Å²) in [5.41, 5.74) is 0. The van der Waals surface area contributed by atoms with E-state index < -0.39 is 10.0 Å². The Kier molecular flexibility index (Phi) is 4.67. The van der Waals surface area contributed by atoms with Crippen LogP contribution >= 0.6 is 0 Å². The largest absolute Gasteiger partial charge is 0.311 e. The molecule has 0 aromatic heterocycles. The third-order valence-electron chi connectivity index (χ3n) is 4.53. The summed E-state index contributed by atoms with van der Waals surface area (Å²) < 4.78 is 24.5. The van der Waals surface area contributed by atoms with E-state index in [0.29, 0.717) is 25.2 Å². The minimum atomic E-state index is -2.99. The van der Waals surface area contributed by atoms with Crippen molar-refractivity contribution >= 4 is 10.0 Å². The Morgan fingerprint density at radius 2 is 1.67 bits per heavy atom. The first-order valence-electron chi connectivity index (χ1n) is 7.18. The Morgan fingerprint density at radius 1 is 1.11 bits per heavy atom. The van der Waals surface area contributed by atoms with Gasteiger partial charge in [-0.25, -0.2) is 12.7 Å². The molecule has 1 heterocycles. The van der Waals surface area contributed by atoms with Gasteiger partial charge in [0.05, 0.1) is 6.26 Å². The van der Waals surface area contributed by atoms with Crippen molar-refractivity contribution in [3.05, 3.63) is 0 Å². The van der Waals surface area contributed by atoms with Crippen LogP contribution in [0, 0.1) is 5.92 Å². The van der Waals surface area contributed by atoms with E-state index in [1.165, 1.54) is 31.9 Å². The molecule has 0 bridgehead atoms. The van der Waals surface area contributed by atoms with E-state index in [4.69, 9.17) is 0 Å². The number of nitrogens with zero attached hydrogens (tertiary/aromatic N) is 1. The van der Waals surface area contributed by atoms with Crippen LogP contribution in [-0.4, -0.2) is 44.2 Å². The highest BCUT2D eigenvalue weighted by Crippen LogP contribution is 2.28. The van der Waals surface area contributed by atoms with Gasteiger partial charge in [-0.15, -0.1) is 0 Å². The number of hydrogen-bond acceptors (Lipinski definition) is 3. The van der Waals surface area contributed by atoms with Crippen molar-refractivity contribution in [2.75, 3.05) is 19.3 Å². The second kappa shape index (κ2) is 5.88. The van der Waals surface area contributed by atoms with Gasteiger partial charge in [-0.1, -0.05) is 12.8 Å². The maximum atomic E-state index is 11.4. The van der Waals surface area contributed by atoms with Crippen LogP contribution < -0.4 is 5.32 Å². The number of hydrogen-bond donors (Lipinski definition) is 1. The second-order valence-corrected chi connectivity index (χ2v) is 7.92. The monoisotopic (exact) mass is 274 g/mol. The van der Waals surface area contributed by atoms with Gasteiger partial charge in [0, 0.05) is 25.2 Å². The van der Waals surface area contributed by atoms with Gasteiger partial charge in [0.2, 0.25) is 10.0 Å². The summed E-state index contributed by atoms with van der Waals surface area (Å²) in [6, 6.07) is 1.08. The maximum Gasteiger partial charge on any atom is 0.211 e. The molecule has 1 saturated heterocycles. The highest BCUT2D eigenvalue weighted by atomic mass is 32.2. The number of piperidine rings is 1. The predicted molar refractivity (Wildman–Crippen MR) is 74.0 cm³/mol. The summed E-state index contributed by atoms with van der Waals surface area (Å²) in [4.78, 5) is 0. The lowest BCUT2D eigenvalue weighted by Gasteiger charge is -2.34. The normalized spacial score (nSPS) is 26.6. The lowest BCUT2D eigenvalue weighted by molar-refractivity contribution is 0.253. The molecule has 1 unspecified atom stereocenters. The molecule has 4 nitrogen and oxygen atoms in total. The quantitative estimate of drug-likeness (QED) is 0.847. The van der Waals surface area contributed by atoms with Crippen molar-refractivity contribution in [3.63, 3.8) is 0 Å². The molecule has 0 aromatic carbocycles. The zero-order valence-corrected chi connectivity index (χ0v) is 12.4. The Balaban J connectivity index is 1.76. The highest BCUT2D eigenvalue weighted by molar-refractivity contribution is 7.88. The number of rotatable bonds is 4. The summed E-state index contributed by atoms with van der Waals surface area (Å²) in [6.07, 6.45) is 8.68. The van der Waals surface area contributed by atoms with Gasteiger partial charge in [0.1, 0.15) is 0 Å². The average molecular weight is 274 g/mol. The minimum Gasteiger partial charge on any atom is -0.311 e. The molecule has 2 aliphatic rings. The highest BCUT2D eigenvalue weighted by Gasteiger charge is 2.28. The van der Waals surface area contributed by atoms with Crippen LogP contribution in [0.15, 0.2) is 0 Å². The molecule has 2 rings (SSSR count). The fourth-order valence-electron chi connectivity index (χ4n) is 3.32. The van der Waals surface area contributed by atoms with E-state index in [0.717, 1.165) is 18.8 Å². The fraction of sp³-hybridized carbons (Fsp3) is 1.00. The summed E-state index contributed by atoms with van der Waals surface area (Å²) in [7, 11) is -2.99. The number of sulfonamides is 1. The van der Waals surface area contributed by atoms with Crippen LogP contribution in [0.5, 0.6) is 0 Å². The zero-order valence-electron chi connectivity index (χ0n) is 11.6. The molecule has 0 amide bonds. The first-order valence-corrected chi connectivity index (χ1v) is 9.03. The van der Waals surface area contributed by atoms with Crippen LogP contribution in [0.1, 0.15) is 45.4 Å². The molecule has 0 aromatic rings. The third-order valence-corrected chi connectivity index (χ3v) is 5.83. The Hall–Kier alpha value is -0.130. The van der Waals surface area contributed by atoms with Gasteiger partial charge in [-0.3, -0.25) is 0 Å². The Morgan fingerprint density at radius 3 is 2.17 bits per heavy atom. The van der Waals surface area contributed by atoms with Crippen molar-refractivity contribution in [2.45, 2.75) is 57.5 Å². The Labute approximate surface area is 111 Å². The summed E-state index contributed by atoms with van der Waals surface area (Å²) in [5.74, 6) is 0.831.